The fourth-order valence-corrected chi connectivity index (χ4v) is 2.19. The quantitative estimate of drug-likeness (QED) is 0.855. The van der Waals surface area contributed by atoms with Crippen molar-refractivity contribution in [2.75, 3.05) is 0 Å². The Balaban J connectivity index is 2.35. The van der Waals surface area contributed by atoms with Crippen LogP contribution in [0.3, 0.4) is 0 Å². The van der Waals surface area contributed by atoms with Crippen molar-refractivity contribution in [1.82, 2.24) is 14.8 Å². The van der Waals surface area contributed by atoms with Crippen LogP contribution in [0.4, 0.5) is 17.6 Å². The number of aryl methyl sites for hydroxylation is 1. The van der Waals surface area contributed by atoms with Crippen LogP contribution in [-0.2, 0) is 4.79 Å². The Kier molecular flexibility index (Phi) is 4.23. The number of hydrogen-bond acceptors (Lipinski definition) is 4. The molecule has 0 aromatic carbocycles. The van der Waals surface area contributed by atoms with Crippen LogP contribution in [0.2, 0.25) is 0 Å². The molecule has 2 heterocycles. The van der Waals surface area contributed by atoms with Gasteiger partial charge in [0, 0.05) is 18.3 Å². The minimum Gasteiger partial charge on any atom is -0.364 e. The maximum Gasteiger partial charge on any atom is 0.287 e. The zero-order valence-corrected chi connectivity index (χ0v) is 11.8. The molecule has 1 N–H and O–H groups in total. The summed E-state index contributed by atoms with van der Waals surface area (Å²) in [5, 5.41) is 17.0. The smallest absolute Gasteiger partial charge is 0.287 e. The summed E-state index contributed by atoms with van der Waals surface area (Å²) < 4.78 is 52.7. The van der Waals surface area contributed by atoms with E-state index in [1.807, 2.05) is 0 Å². The molecule has 1 aromatic rings. The highest BCUT2D eigenvalue weighted by atomic mass is 19.3. The summed E-state index contributed by atoms with van der Waals surface area (Å²) in [5.41, 5.74) is -3.46. The standard InChI is InChI=1S/C12H14F4N4O2/c1-6-3-4-17-19(6)7(2)10(21)20-12(22,11(15)16)5-8(18-20)9(13)14/h3-4,7,9,11,22H,5H2,1-2H3/t7-,12-/m0/s1. The zero-order chi connectivity index (χ0) is 16.7. The van der Waals surface area contributed by atoms with Gasteiger partial charge < -0.3 is 5.11 Å². The third-order valence-electron chi connectivity index (χ3n) is 3.44. The van der Waals surface area contributed by atoms with E-state index in [1.54, 1.807) is 13.0 Å². The molecular formula is C12H14F4N4O2. The molecule has 0 fully saturated rings. The van der Waals surface area contributed by atoms with Crippen LogP contribution in [0.1, 0.15) is 25.1 Å². The maximum atomic E-state index is 13.1. The topological polar surface area (TPSA) is 70.7 Å². The largest absolute Gasteiger partial charge is 0.364 e. The van der Waals surface area contributed by atoms with Crippen LogP contribution in [0.15, 0.2) is 17.4 Å². The second-order valence-electron chi connectivity index (χ2n) is 4.99. The van der Waals surface area contributed by atoms with Gasteiger partial charge in [0.1, 0.15) is 11.8 Å². The molecule has 122 valence electrons. The summed E-state index contributed by atoms with van der Waals surface area (Å²) in [5.74, 6) is -1.05. The fourth-order valence-electron chi connectivity index (χ4n) is 2.19. The van der Waals surface area contributed by atoms with Crippen molar-refractivity contribution in [3.05, 3.63) is 18.0 Å². The number of aromatic nitrogens is 2. The Hall–Kier alpha value is -1.97. The molecule has 2 atom stereocenters. The molecule has 0 bridgehead atoms. The molecule has 1 aliphatic heterocycles. The Bertz CT molecular complexity index is 604. The first kappa shape index (κ1) is 16.4. The van der Waals surface area contributed by atoms with Crippen LogP contribution in [0.25, 0.3) is 0 Å². The number of halogens is 4. The predicted molar refractivity (Wildman–Crippen MR) is 67.5 cm³/mol. The molecule has 0 saturated heterocycles. The van der Waals surface area contributed by atoms with Crippen molar-refractivity contribution >= 4 is 11.6 Å². The number of nitrogens with zero attached hydrogens (tertiary/aromatic N) is 4. The first-order valence-electron chi connectivity index (χ1n) is 6.38. The Labute approximate surface area is 123 Å². The average Bonchev–Trinajstić information content (AvgIpc) is 3.02. The lowest BCUT2D eigenvalue weighted by Crippen LogP contribution is -2.53. The number of hydrazone groups is 1. The SMILES string of the molecule is Cc1ccnn1[C@@H](C)C(=O)N1N=C(C(F)F)C[C@]1(O)C(F)F. The molecule has 0 unspecified atom stereocenters. The van der Waals surface area contributed by atoms with Gasteiger partial charge in [-0.05, 0) is 19.9 Å². The van der Waals surface area contributed by atoms with Gasteiger partial charge >= 0.3 is 0 Å². The number of carbonyl (C=O) groups is 1. The highest BCUT2D eigenvalue weighted by Gasteiger charge is 2.54. The molecule has 6 nitrogen and oxygen atoms in total. The Morgan fingerprint density at radius 1 is 1.41 bits per heavy atom. The third kappa shape index (κ3) is 2.58. The lowest BCUT2D eigenvalue weighted by atomic mass is 10.1. The van der Waals surface area contributed by atoms with E-state index < -0.39 is 42.7 Å². The molecule has 0 spiro atoms. The molecule has 1 amide bonds. The van der Waals surface area contributed by atoms with E-state index in [-0.39, 0.29) is 5.01 Å². The average molecular weight is 322 g/mol. The highest BCUT2D eigenvalue weighted by Crippen LogP contribution is 2.34. The summed E-state index contributed by atoms with van der Waals surface area (Å²) in [7, 11) is 0. The molecule has 2 rings (SSSR count). The monoisotopic (exact) mass is 322 g/mol. The molecule has 1 aromatic heterocycles. The first-order valence-corrected chi connectivity index (χ1v) is 6.38. The molecule has 1 aliphatic rings. The number of carbonyl (C=O) groups excluding carboxylic acids is 1. The highest BCUT2D eigenvalue weighted by molar-refractivity contribution is 5.93. The van der Waals surface area contributed by atoms with E-state index in [4.69, 9.17) is 0 Å². The van der Waals surface area contributed by atoms with Crippen LogP contribution in [0.5, 0.6) is 0 Å². The van der Waals surface area contributed by atoms with Crippen LogP contribution < -0.4 is 0 Å². The van der Waals surface area contributed by atoms with Crippen molar-refractivity contribution in [3.8, 4) is 0 Å². The van der Waals surface area contributed by atoms with Crippen molar-refractivity contribution in [2.45, 2.75) is 44.9 Å². The van der Waals surface area contributed by atoms with Gasteiger partial charge in [0.15, 0.2) is 0 Å². The van der Waals surface area contributed by atoms with Gasteiger partial charge in [-0.15, -0.1) is 0 Å². The van der Waals surface area contributed by atoms with E-state index in [1.165, 1.54) is 17.8 Å². The van der Waals surface area contributed by atoms with Crippen molar-refractivity contribution in [2.24, 2.45) is 5.10 Å². The number of rotatable bonds is 4. The van der Waals surface area contributed by atoms with Gasteiger partial charge in [-0.25, -0.2) is 17.6 Å². The first-order chi connectivity index (χ1) is 10.2. The van der Waals surface area contributed by atoms with Crippen molar-refractivity contribution < 1.29 is 27.5 Å². The third-order valence-corrected chi connectivity index (χ3v) is 3.44. The normalized spacial score (nSPS) is 23.3. The second-order valence-corrected chi connectivity index (χ2v) is 4.99. The Morgan fingerprint density at radius 2 is 2.05 bits per heavy atom. The lowest BCUT2D eigenvalue weighted by molar-refractivity contribution is -0.194. The summed E-state index contributed by atoms with van der Waals surface area (Å²) in [6.45, 7) is 2.98. The van der Waals surface area contributed by atoms with Gasteiger partial charge in [-0.2, -0.15) is 15.2 Å². The maximum absolute atomic E-state index is 13.1. The minimum absolute atomic E-state index is 0.0466. The van der Waals surface area contributed by atoms with E-state index in [2.05, 4.69) is 10.2 Å². The number of alkyl halides is 4. The molecule has 22 heavy (non-hydrogen) atoms. The summed E-state index contributed by atoms with van der Waals surface area (Å²) in [6, 6.07) is 0.502. The van der Waals surface area contributed by atoms with Crippen molar-refractivity contribution in [3.63, 3.8) is 0 Å². The number of hydrogen-bond donors (Lipinski definition) is 1. The van der Waals surface area contributed by atoms with Crippen molar-refractivity contribution in [1.29, 1.82) is 0 Å². The van der Waals surface area contributed by atoms with Crippen LogP contribution in [-0.4, -0.2) is 50.1 Å². The van der Waals surface area contributed by atoms with Gasteiger partial charge in [0.05, 0.1) is 0 Å². The second kappa shape index (κ2) is 5.67. The van der Waals surface area contributed by atoms with Gasteiger partial charge in [0.25, 0.3) is 18.8 Å². The van der Waals surface area contributed by atoms with E-state index in [9.17, 15) is 27.5 Å². The molecule has 0 aliphatic carbocycles. The molecule has 0 radical (unpaired) electrons. The van der Waals surface area contributed by atoms with Gasteiger partial charge in [-0.1, -0.05) is 0 Å². The molecule has 0 saturated carbocycles. The Morgan fingerprint density at radius 3 is 2.50 bits per heavy atom. The van der Waals surface area contributed by atoms with Gasteiger partial charge in [0.2, 0.25) is 5.72 Å². The minimum atomic E-state index is -3.44. The summed E-state index contributed by atoms with van der Waals surface area (Å²) in [6.07, 6.45) is -6.28. The van der Waals surface area contributed by atoms with E-state index in [0.717, 1.165) is 0 Å². The predicted octanol–water partition coefficient (Wildman–Crippen LogP) is 1.56. The number of amides is 1. The van der Waals surface area contributed by atoms with E-state index in [0.29, 0.717) is 5.69 Å². The van der Waals surface area contributed by atoms with Crippen LogP contribution in [0, 0.1) is 6.92 Å². The van der Waals surface area contributed by atoms with Gasteiger partial charge in [-0.3, -0.25) is 9.48 Å². The zero-order valence-electron chi connectivity index (χ0n) is 11.8. The fraction of sp³-hybridized carbons (Fsp3) is 0.583. The summed E-state index contributed by atoms with van der Waals surface area (Å²) >= 11 is 0. The molecule has 10 heteroatoms. The lowest BCUT2D eigenvalue weighted by Gasteiger charge is -2.31. The number of aliphatic hydroxyl groups is 1. The van der Waals surface area contributed by atoms with Crippen LogP contribution >= 0.6 is 0 Å². The van der Waals surface area contributed by atoms with E-state index >= 15 is 0 Å². The molecular weight excluding hydrogens is 308 g/mol. The summed E-state index contributed by atoms with van der Waals surface area (Å²) in [4.78, 5) is 12.3.